The molecule has 1 aliphatic carbocycles. The summed E-state index contributed by atoms with van der Waals surface area (Å²) in [6.07, 6.45) is 3.54. The molecular weight excluding hydrogens is 376 g/mol. The number of carbonyl (C=O) groups excluding carboxylic acids is 1. The first-order valence-electron chi connectivity index (χ1n) is 9.56. The number of benzene rings is 1. The molecule has 4 atom stereocenters. The van der Waals surface area contributed by atoms with Crippen LogP contribution in [0.25, 0.3) is 0 Å². The molecule has 2 N–H and O–H groups in total. The first-order chi connectivity index (χ1) is 12.9. The van der Waals surface area contributed by atoms with Crippen LogP contribution in [0.3, 0.4) is 0 Å². The Balaban J connectivity index is 1.53. The van der Waals surface area contributed by atoms with Gasteiger partial charge >= 0.3 is 0 Å². The van der Waals surface area contributed by atoms with E-state index in [0.717, 1.165) is 21.6 Å². The van der Waals surface area contributed by atoms with Crippen molar-refractivity contribution in [3.63, 3.8) is 0 Å². The van der Waals surface area contributed by atoms with Crippen molar-refractivity contribution in [1.29, 1.82) is 0 Å². The molecule has 0 saturated heterocycles. The van der Waals surface area contributed by atoms with E-state index in [1.54, 1.807) is 0 Å². The lowest BCUT2D eigenvalue weighted by Gasteiger charge is -2.35. The minimum absolute atomic E-state index is 0.0918. The Kier molecular flexibility index (Phi) is 6.76. The number of hydrogen-bond acceptors (Lipinski definition) is 6. The zero-order chi connectivity index (χ0) is 19.4. The van der Waals surface area contributed by atoms with E-state index in [2.05, 4.69) is 53.7 Å². The van der Waals surface area contributed by atoms with E-state index in [-0.39, 0.29) is 17.2 Å². The second kappa shape index (κ2) is 9.06. The van der Waals surface area contributed by atoms with Crippen LogP contribution < -0.4 is 10.6 Å². The molecular formula is C20H28N4OS2. The molecule has 0 radical (unpaired) electrons. The molecule has 3 rings (SSSR count). The molecule has 1 aromatic carbocycles. The Morgan fingerprint density at radius 3 is 2.70 bits per heavy atom. The molecule has 1 aromatic heterocycles. The van der Waals surface area contributed by atoms with E-state index in [1.807, 2.05) is 19.1 Å². The lowest BCUT2D eigenvalue weighted by molar-refractivity contribution is -0.121. The smallest absolute Gasteiger partial charge is 0.233 e. The quantitative estimate of drug-likeness (QED) is 0.662. The third kappa shape index (κ3) is 5.45. The zero-order valence-electron chi connectivity index (χ0n) is 16.4. The molecule has 1 heterocycles. The van der Waals surface area contributed by atoms with Gasteiger partial charge in [-0.1, -0.05) is 67.5 Å². The van der Waals surface area contributed by atoms with Gasteiger partial charge < -0.3 is 10.6 Å². The lowest BCUT2D eigenvalue weighted by Crippen LogP contribution is -2.46. The largest absolute Gasteiger partial charge is 0.352 e. The van der Waals surface area contributed by atoms with E-state index in [1.165, 1.54) is 41.5 Å². The van der Waals surface area contributed by atoms with Crippen molar-refractivity contribution in [2.45, 2.75) is 62.6 Å². The molecule has 7 heteroatoms. The van der Waals surface area contributed by atoms with Gasteiger partial charge in [0, 0.05) is 11.7 Å². The topological polar surface area (TPSA) is 66.9 Å². The van der Waals surface area contributed by atoms with Crippen molar-refractivity contribution in [3.05, 3.63) is 29.8 Å². The number of nitrogens with one attached hydrogen (secondary N) is 2. The second-order valence-electron chi connectivity index (χ2n) is 7.51. The van der Waals surface area contributed by atoms with Gasteiger partial charge in [0.1, 0.15) is 0 Å². The van der Waals surface area contributed by atoms with Crippen molar-refractivity contribution in [3.8, 4) is 0 Å². The van der Waals surface area contributed by atoms with Crippen LogP contribution in [-0.4, -0.2) is 27.4 Å². The van der Waals surface area contributed by atoms with Crippen LogP contribution in [0.5, 0.6) is 0 Å². The molecule has 5 nitrogen and oxygen atoms in total. The molecule has 0 spiro atoms. The Bertz CT molecular complexity index is 762. The lowest BCUT2D eigenvalue weighted by atomic mass is 9.78. The van der Waals surface area contributed by atoms with E-state index in [4.69, 9.17) is 0 Å². The van der Waals surface area contributed by atoms with Crippen LogP contribution in [-0.2, 0) is 4.79 Å². The van der Waals surface area contributed by atoms with Crippen LogP contribution in [0.4, 0.5) is 10.8 Å². The highest BCUT2D eigenvalue weighted by Crippen LogP contribution is 2.32. The predicted molar refractivity (Wildman–Crippen MR) is 114 cm³/mol. The minimum Gasteiger partial charge on any atom is -0.352 e. The summed E-state index contributed by atoms with van der Waals surface area (Å²) in [5.74, 6) is 1.30. The van der Waals surface area contributed by atoms with Crippen molar-refractivity contribution in [2.75, 3.05) is 5.32 Å². The van der Waals surface area contributed by atoms with Gasteiger partial charge in [0.25, 0.3) is 0 Å². The maximum absolute atomic E-state index is 12.6. The maximum atomic E-state index is 12.6. The summed E-state index contributed by atoms with van der Waals surface area (Å²) in [5, 5.41) is 15.5. The second-order valence-corrected chi connectivity index (χ2v) is 10.1. The summed E-state index contributed by atoms with van der Waals surface area (Å²) < 4.78 is 0.803. The molecule has 0 unspecified atom stereocenters. The van der Waals surface area contributed by atoms with Crippen LogP contribution >= 0.6 is 23.1 Å². The molecule has 1 saturated carbocycles. The van der Waals surface area contributed by atoms with Gasteiger partial charge in [-0.3, -0.25) is 4.79 Å². The molecule has 2 aromatic rings. The number of anilines is 2. The van der Waals surface area contributed by atoms with E-state index in [0.29, 0.717) is 11.8 Å². The first-order valence-corrected chi connectivity index (χ1v) is 11.3. The fraction of sp³-hybridized carbons (Fsp3) is 0.550. The molecule has 27 heavy (non-hydrogen) atoms. The first kappa shape index (κ1) is 20.1. The minimum atomic E-state index is -0.186. The zero-order valence-corrected chi connectivity index (χ0v) is 18.0. The number of aromatic nitrogens is 2. The highest BCUT2D eigenvalue weighted by molar-refractivity contribution is 8.02. The van der Waals surface area contributed by atoms with Gasteiger partial charge in [0.15, 0.2) is 4.34 Å². The van der Waals surface area contributed by atoms with Crippen molar-refractivity contribution >= 4 is 39.8 Å². The normalized spacial score (nSPS) is 23.6. The highest BCUT2D eigenvalue weighted by atomic mass is 32.2. The van der Waals surface area contributed by atoms with Gasteiger partial charge in [0.05, 0.1) is 5.25 Å². The van der Waals surface area contributed by atoms with Gasteiger partial charge in [0.2, 0.25) is 11.0 Å². The number of rotatable bonds is 6. The van der Waals surface area contributed by atoms with Crippen LogP contribution in [0.1, 0.15) is 45.6 Å². The van der Waals surface area contributed by atoms with Crippen molar-refractivity contribution in [1.82, 2.24) is 15.5 Å². The molecule has 1 aliphatic rings. The third-order valence-electron chi connectivity index (χ3n) is 5.39. The van der Waals surface area contributed by atoms with Crippen LogP contribution in [0.15, 0.2) is 28.6 Å². The number of nitrogens with zero attached hydrogens (tertiary/aromatic N) is 2. The monoisotopic (exact) mass is 404 g/mol. The fourth-order valence-electron chi connectivity index (χ4n) is 3.36. The standard InChI is InChI=1S/C20H28N4OS2/c1-12-8-10-16(11-9-12)21-19-23-24-20(27-19)26-15(4)18(25)22-17-7-5-6-13(2)14(17)3/h8-11,13-15,17H,5-7H2,1-4H3,(H,21,23)(H,22,25)/t13-,14+,15+,17+/m0/s1. The van der Waals surface area contributed by atoms with Crippen LogP contribution in [0, 0.1) is 18.8 Å². The van der Waals surface area contributed by atoms with Gasteiger partial charge in [-0.2, -0.15) is 0 Å². The Morgan fingerprint density at radius 1 is 1.22 bits per heavy atom. The molecule has 0 aliphatic heterocycles. The third-order valence-corrected chi connectivity index (χ3v) is 7.41. The van der Waals surface area contributed by atoms with Crippen LogP contribution in [0.2, 0.25) is 0 Å². The molecule has 1 amide bonds. The number of amides is 1. The van der Waals surface area contributed by atoms with Gasteiger partial charge in [-0.05, 0) is 44.2 Å². The number of thioether (sulfide) groups is 1. The summed E-state index contributed by atoms with van der Waals surface area (Å²) >= 11 is 2.94. The number of hydrogen-bond donors (Lipinski definition) is 2. The van der Waals surface area contributed by atoms with E-state index < -0.39 is 0 Å². The van der Waals surface area contributed by atoms with Gasteiger partial charge in [-0.15, -0.1) is 10.2 Å². The van der Waals surface area contributed by atoms with Crippen molar-refractivity contribution < 1.29 is 4.79 Å². The number of carbonyl (C=O) groups is 1. The Hall–Kier alpha value is -1.60. The Morgan fingerprint density at radius 2 is 1.96 bits per heavy atom. The Labute approximate surface area is 169 Å². The fourth-order valence-corrected chi connectivity index (χ4v) is 5.28. The molecule has 0 bridgehead atoms. The summed E-state index contributed by atoms with van der Waals surface area (Å²) in [6.45, 7) is 8.53. The molecule has 146 valence electrons. The molecule has 1 fully saturated rings. The maximum Gasteiger partial charge on any atom is 0.233 e. The average Bonchev–Trinajstić information content (AvgIpc) is 3.07. The summed E-state index contributed by atoms with van der Waals surface area (Å²) in [5.41, 5.74) is 2.20. The SMILES string of the molecule is Cc1ccc(Nc2nnc(S[C@H](C)C(=O)N[C@@H]3CCC[C@H](C)[C@H]3C)s2)cc1. The summed E-state index contributed by atoms with van der Waals surface area (Å²) in [4.78, 5) is 12.6. The van der Waals surface area contributed by atoms with E-state index >= 15 is 0 Å². The highest BCUT2D eigenvalue weighted by Gasteiger charge is 2.29. The predicted octanol–water partition coefficient (Wildman–Crippen LogP) is 5.01. The summed E-state index contributed by atoms with van der Waals surface area (Å²) in [6, 6.07) is 8.44. The average molecular weight is 405 g/mol. The summed E-state index contributed by atoms with van der Waals surface area (Å²) in [7, 11) is 0. The van der Waals surface area contributed by atoms with E-state index in [9.17, 15) is 4.79 Å². The van der Waals surface area contributed by atoms with Crippen molar-refractivity contribution in [2.24, 2.45) is 11.8 Å². The number of aryl methyl sites for hydroxylation is 1. The van der Waals surface area contributed by atoms with Gasteiger partial charge in [-0.25, -0.2) is 0 Å².